The average Bonchev–Trinajstić information content (AvgIpc) is 3.42. The van der Waals surface area contributed by atoms with Crippen molar-refractivity contribution in [3.05, 3.63) is 83.1 Å². The number of aromatic nitrogens is 2. The lowest BCUT2D eigenvalue weighted by Crippen LogP contribution is -2.48. The first-order valence-corrected chi connectivity index (χ1v) is 9.58. The predicted octanol–water partition coefficient (Wildman–Crippen LogP) is 2.87. The van der Waals surface area contributed by atoms with Crippen LogP contribution in [0.1, 0.15) is 10.4 Å². The van der Waals surface area contributed by atoms with E-state index < -0.39 is 5.76 Å². The fraction of sp³-hybridized carbons (Fsp3) is 0.182. The minimum atomic E-state index is -0.454. The van der Waals surface area contributed by atoms with Crippen LogP contribution in [0.15, 0.2) is 76.2 Å². The van der Waals surface area contributed by atoms with Crippen LogP contribution in [0.5, 0.6) is 0 Å². The summed E-state index contributed by atoms with van der Waals surface area (Å²) in [5, 5.41) is 0. The molecular weight excluding hydrogens is 368 g/mol. The van der Waals surface area contributed by atoms with Crippen LogP contribution in [0.4, 0.5) is 5.69 Å². The summed E-state index contributed by atoms with van der Waals surface area (Å²) in [6, 6.07) is 17.3. The zero-order chi connectivity index (χ0) is 19.8. The van der Waals surface area contributed by atoms with Crippen molar-refractivity contribution in [3.63, 3.8) is 0 Å². The molecule has 5 rings (SSSR count). The monoisotopic (exact) mass is 388 g/mol. The number of fused-ring (bicyclic) bond motifs is 1. The molecular formula is C22H20N4O3. The molecule has 0 bridgehead atoms. The number of hydrogen-bond donors (Lipinski definition) is 1. The van der Waals surface area contributed by atoms with Crippen LogP contribution in [-0.4, -0.2) is 46.5 Å². The highest BCUT2D eigenvalue weighted by Crippen LogP contribution is 2.26. The number of nitrogens with zero attached hydrogens (tertiary/aromatic N) is 3. The smallest absolute Gasteiger partial charge is 0.406 e. The van der Waals surface area contributed by atoms with E-state index in [1.807, 2.05) is 76.5 Å². The molecule has 3 heterocycles. The normalized spacial score (nSPS) is 14.5. The maximum Gasteiger partial charge on any atom is 0.417 e. The number of benzene rings is 2. The van der Waals surface area contributed by atoms with Crippen molar-refractivity contribution in [2.24, 2.45) is 0 Å². The van der Waals surface area contributed by atoms with Crippen LogP contribution in [0.3, 0.4) is 0 Å². The van der Waals surface area contributed by atoms with Gasteiger partial charge in [-0.25, -0.2) is 4.79 Å². The van der Waals surface area contributed by atoms with E-state index in [0.29, 0.717) is 42.8 Å². The summed E-state index contributed by atoms with van der Waals surface area (Å²) in [6.45, 7) is 2.59. The number of aromatic amines is 1. The van der Waals surface area contributed by atoms with Crippen LogP contribution in [0.25, 0.3) is 16.8 Å². The van der Waals surface area contributed by atoms with Crippen LogP contribution < -0.4 is 10.7 Å². The largest absolute Gasteiger partial charge is 0.417 e. The third kappa shape index (κ3) is 3.20. The molecule has 0 saturated carbocycles. The second-order valence-electron chi connectivity index (χ2n) is 7.08. The molecule has 1 saturated heterocycles. The zero-order valence-electron chi connectivity index (χ0n) is 15.7. The van der Waals surface area contributed by atoms with Gasteiger partial charge in [0.1, 0.15) is 0 Å². The third-order valence-corrected chi connectivity index (χ3v) is 5.35. The van der Waals surface area contributed by atoms with Gasteiger partial charge in [-0.2, -0.15) is 0 Å². The Morgan fingerprint density at radius 2 is 1.62 bits per heavy atom. The lowest BCUT2D eigenvalue weighted by Gasteiger charge is -2.36. The van der Waals surface area contributed by atoms with Gasteiger partial charge >= 0.3 is 5.76 Å². The van der Waals surface area contributed by atoms with Crippen molar-refractivity contribution in [3.8, 4) is 5.69 Å². The number of anilines is 1. The highest BCUT2D eigenvalue weighted by molar-refractivity contribution is 5.94. The Balaban J connectivity index is 1.29. The molecule has 0 unspecified atom stereocenters. The van der Waals surface area contributed by atoms with Gasteiger partial charge in [0, 0.05) is 49.8 Å². The first-order chi connectivity index (χ1) is 14.2. The lowest BCUT2D eigenvalue weighted by molar-refractivity contribution is 0.0747. The van der Waals surface area contributed by atoms with E-state index in [1.165, 1.54) is 0 Å². The second-order valence-corrected chi connectivity index (χ2v) is 7.08. The summed E-state index contributed by atoms with van der Waals surface area (Å²) in [5.41, 5.74) is 3.85. The molecule has 2 aromatic carbocycles. The number of para-hydroxylation sites is 1. The molecule has 0 aliphatic carbocycles. The van der Waals surface area contributed by atoms with Crippen LogP contribution >= 0.6 is 0 Å². The first kappa shape index (κ1) is 17.4. The van der Waals surface area contributed by atoms with E-state index in [2.05, 4.69) is 9.88 Å². The number of amides is 1. The van der Waals surface area contributed by atoms with Gasteiger partial charge in [-0.05, 0) is 48.5 Å². The minimum absolute atomic E-state index is 0.0371. The number of H-pyrrole nitrogens is 1. The van der Waals surface area contributed by atoms with Gasteiger partial charge < -0.3 is 18.8 Å². The topological polar surface area (TPSA) is 74.5 Å². The van der Waals surface area contributed by atoms with Crippen molar-refractivity contribution >= 4 is 22.7 Å². The van der Waals surface area contributed by atoms with Gasteiger partial charge in [-0.1, -0.05) is 6.07 Å². The molecule has 1 aliphatic heterocycles. The molecule has 1 amide bonds. The van der Waals surface area contributed by atoms with Crippen LogP contribution in [0, 0.1) is 0 Å². The molecule has 0 radical (unpaired) electrons. The lowest BCUT2D eigenvalue weighted by atomic mass is 10.1. The van der Waals surface area contributed by atoms with Crippen molar-refractivity contribution in [1.29, 1.82) is 0 Å². The highest BCUT2D eigenvalue weighted by atomic mass is 16.4. The van der Waals surface area contributed by atoms with E-state index in [0.717, 1.165) is 11.4 Å². The summed E-state index contributed by atoms with van der Waals surface area (Å²) in [4.78, 5) is 31.1. The molecule has 1 aliphatic rings. The third-order valence-electron chi connectivity index (χ3n) is 5.35. The number of piperazine rings is 1. The maximum atomic E-state index is 12.9. The Morgan fingerprint density at radius 3 is 2.34 bits per heavy atom. The zero-order valence-corrected chi connectivity index (χ0v) is 15.7. The average molecular weight is 388 g/mol. The van der Waals surface area contributed by atoms with E-state index in [1.54, 1.807) is 0 Å². The number of hydrogen-bond acceptors (Lipinski definition) is 4. The first-order valence-electron chi connectivity index (χ1n) is 9.58. The van der Waals surface area contributed by atoms with Gasteiger partial charge in [0.2, 0.25) is 0 Å². The summed E-state index contributed by atoms with van der Waals surface area (Å²) >= 11 is 0. The standard InChI is InChI=1S/C22H20N4O3/c27-21(16-6-8-17(9-7-16)24-10-1-2-11-24)26-14-12-25(13-15-26)19-5-3-4-18-20(19)29-22(28)23-18/h1-11H,12-15H2,(H,23,28). The van der Waals surface area contributed by atoms with Gasteiger partial charge in [0.25, 0.3) is 5.91 Å². The van der Waals surface area contributed by atoms with Gasteiger partial charge in [0.15, 0.2) is 5.58 Å². The minimum Gasteiger partial charge on any atom is -0.406 e. The number of oxazole rings is 1. The molecule has 7 nitrogen and oxygen atoms in total. The van der Waals surface area contributed by atoms with Crippen molar-refractivity contribution in [2.75, 3.05) is 31.1 Å². The Bertz CT molecular complexity index is 1200. The Kier molecular flexibility index (Phi) is 4.20. The number of carbonyl (C=O) groups is 1. The second kappa shape index (κ2) is 7.01. The van der Waals surface area contributed by atoms with Crippen LogP contribution in [0.2, 0.25) is 0 Å². The van der Waals surface area contributed by atoms with Crippen molar-refractivity contribution < 1.29 is 9.21 Å². The summed E-state index contributed by atoms with van der Waals surface area (Å²) < 4.78 is 7.31. The molecule has 1 fully saturated rings. The summed E-state index contributed by atoms with van der Waals surface area (Å²) in [6.07, 6.45) is 3.95. The molecule has 2 aromatic heterocycles. The summed E-state index contributed by atoms with van der Waals surface area (Å²) in [5.74, 6) is -0.417. The number of nitrogens with one attached hydrogen (secondary N) is 1. The van der Waals surface area contributed by atoms with E-state index >= 15 is 0 Å². The quantitative estimate of drug-likeness (QED) is 0.586. The van der Waals surface area contributed by atoms with E-state index in [4.69, 9.17) is 4.42 Å². The van der Waals surface area contributed by atoms with Crippen molar-refractivity contribution in [2.45, 2.75) is 0 Å². The van der Waals surface area contributed by atoms with E-state index in [9.17, 15) is 9.59 Å². The Morgan fingerprint density at radius 1 is 0.897 bits per heavy atom. The van der Waals surface area contributed by atoms with E-state index in [-0.39, 0.29) is 5.91 Å². The fourth-order valence-corrected chi connectivity index (χ4v) is 3.82. The Hall–Kier alpha value is -3.74. The number of rotatable bonds is 3. The molecule has 146 valence electrons. The Labute approximate surface area is 166 Å². The molecule has 0 atom stereocenters. The molecule has 29 heavy (non-hydrogen) atoms. The maximum absolute atomic E-state index is 12.9. The molecule has 1 N–H and O–H groups in total. The fourth-order valence-electron chi connectivity index (χ4n) is 3.82. The number of carbonyl (C=O) groups excluding carboxylic acids is 1. The van der Waals surface area contributed by atoms with Gasteiger partial charge in [-0.3, -0.25) is 9.78 Å². The van der Waals surface area contributed by atoms with Gasteiger partial charge in [0.05, 0.1) is 11.2 Å². The predicted molar refractivity (Wildman–Crippen MR) is 111 cm³/mol. The SMILES string of the molecule is O=C(c1ccc(-n2cccc2)cc1)N1CCN(c2cccc3[nH]c(=O)oc23)CC1. The van der Waals surface area contributed by atoms with Crippen molar-refractivity contribution in [1.82, 2.24) is 14.5 Å². The highest BCUT2D eigenvalue weighted by Gasteiger charge is 2.24. The van der Waals surface area contributed by atoms with Crippen LogP contribution in [-0.2, 0) is 0 Å². The summed E-state index contributed by atoms with van der Waals surface area (Å²) in [7, 11) is 0. The molecule has 7 heteroatoms. The molecule has 0 spiro atoms. The molecule has 4 aromatic rings. The van der Waals surface area contributed by atoms with Gasteiger partial charge in [-0.15, -0.1) is 0 Å².